The second-order valence-corrected chi connectivity index (χ2v) is 18.5. The van der Waals surface area contributed by atoms with Gasteiger partial charge in [0.2, 0.25) is 0 Å². The lowest BCUT2D eigenvalue weighted by Crippen LogP contribution is -2.62. The maximum absolute atomic E-state index is 12.5. The lowest BCUT2D eigenvalue weighted by atomic mass is 9.43. The van der Waals surface area contributed by atoms with E-state index in [2.05, 4.69) is 13.8 Å². The van der Waals surface area contributed by atoms with E-state index in [0.29, 0.717) is 18.4 Å². The van der Waals surface area contributed by atoms with Gasteiger partial charge in [-0.2, -0.15) is 0 Å². The molecular formula is C40H62O15. The van der Waals surface area contributed by atoms with E-state index in [4.69, 9.17) is 33.2 Å². The second-order valence-electron chi connectivity index (χ2n) is 18.5. The molecule has 15 heteroatoms. The second kappa shape index (κ2) is 15.1. The van der Waals surface area contributed by atoms with Gasteiger partial charge in [-0.05, 0) is 106 Å². The fourth-order valence-electron chi connectivity index (χ4n) is 12.5. The lowest BCUT2D eigenvalue weighted by Gasteiger charge is -2.64. The first-order valence-corrected chi connectivity index (χ1v) is 20.6. The van der Waals surface area contributed by atoms with Crippen molar-refractivity contribution in [3.8, 4) is 0 Å². The molecule has 4 aliphatic carbocycles. The van der Waals surface area contributed by atoms with Gasteiger partial charge in [0.1, 0.15) is 49.3 Å². The van der Waals surface area contributed by atoms with Crippen LogP contribution in [0.1, 0.15) is 91.9 Å². The summed E-state index contributed by atoms with van der Waals surface area (Å²) in [7, 11) is 0. The molecule has 8 aliphatic rings. The SMILES string of the molecule is C[C@@H]1O[C@@H](O[C@@H]2CO[C@@H](O[C@H]3[C@@H](O)C[C@H](O[C@H]4CC[C@@]5(C)[C@@H](CC[C@@H]6[C@@H]5CC[C@]5(C)[C@@H](C7=CC(=O)OC7)CC[C@]65O)C4)O[C@@H]3C)[C@H](O)[C@H]2O)[C@H](O)[C@H](O)[C@H]1O. The fourth-order valence-corrected chi connectivity index (χ4v) is 12.5. The van der Waals surface area contributed by atoms with E-state index in [9.17, 15) is 40.5 Å². The zero-order valence-electron chi connectivity index (χ0n) is 32.4. The number of ether oxygens (including phenoxy) is 7. The normalized spacial score (nSPS) is 55.5. The van der Waals surface area contributed by atoms with Gasteiger partial charge in [0.25, 0.3) is 0 Å². The molecule has 4 heterocycles. The minimum atomic E-state index is -1.59. The van der Waals surface area contributed by atoms with Gasteiger partial charge in [-0.1, -0.05) is 13.8 Å². The summed E-state index contributed by atoms with van der Waals surface area (Å²) in [6.07, 6.45) is -5.20. The Morgan fingerprint density at radius 1 is 0.745 bits per heavy atom. The van der Waals surface area contributed by atoms with Gasteiger partial charge in [-0.15, -0.1) is 0 Å². The number of aliphatic hydroxyl groups excluding tert-OH is 6. The molecule has 0 spiro atoms. The fraction of sp³-hybridized carbons (Fsp3) is 0.925. The van der Waals surface area contributed by atoms with Crippen molar-refractivity contribution in [2.45, 2.75) is 184 Å². The Kier molecular flexibility index (Phi) is 11.1. The molecule has 55 heavy (non-hydrogen) atoms. The Morgan fingerprint density at radius 2 is 1.51 bits per heavy atom. The molecule has 0 amide bonds. The van der Waals surface area contributed by atoms with Crippen LogP contribution in [-0.4, -0.2) is 147 Å². The van der Waals surface area contributed by atoms with Crippen LogP contribution in [-0.2, 0) is 38.0 Å². The van der Waals surface area contributed by atoms with E-state index in [-0.39, 0.29) is 47.8 Å². The molecule has 4 saturated carbocycles. The topological polar surface area (TPSA) is 223 Å². The first-order valence-electron chi connectivity index (χ1n) is 20.6. The number of carbonyl (C=O) groups is 1. The zero-order valence-corrected chi connectivity index (χ0v) is 32.4. The van der Waals surface area contributed by atoms with Gasteiger partial charge in [-0.25, -0.2) is 4.79 Å². The molecule has 8 rings (SSSR count). The lowest BCUT2D eigenvalue weighted by molar-refractivity contribution is -0.354. The van der Waals surface area contributed by atoms with Crippen LogP contribution in [0.4, 0.5) is 0 Å². The Balaban J connectivity index is 0.830. The van der Waals surface area contributed by atoms with Crippen molar-refractivity contribution in [2.75, 3.05) is 13.2 Å². The number of fused-ring (bicyclic) bond motifs is 5. The predicted octanol–water partition coefficient (Wildman–Crippen LogP) is 0.800. The van der Waals surface area contributed by atoms with Crippen LogP contribution in [0.15, 0.2) is 11.6 Å². The van der Waals surface area contributed by atoms with Crippen molar-refractivity contribution < 1.29 is 73.7 Å². The van der Waals surface area contributed by atoms with E-state index in [0.717, 1.165) is 63.4 Å². The Hall–Kier alpha value is -1.31. The molecule has 7 fully saturated rings. The molecule has 3 saturated heterocycles. The van der Waals surface area contributed by atoms with Crippen LogP contribution in [0, 0.1) is 34.5 Å². The molecule has 0 radical (unpaired) electrons. The van der Waals surface area contributed by atoms with Gasteiger partial charge in [0.15, 0.2) is 18.9 Å². The van der Waals surface area contributed by atoms with Gasteiger partial charge in [0, 0.05) is 17.9 Å². The molecule has 7 N–H and O–H groups in total. The molecule has 0 bridgehead atoms. The Labute approximate surface area is 322 Å². The van der Waals surface area contributed by atoms with Crippen molar-refractivity contribution in [2.24, 2.45) is 34.5 Å². The van der Waals surface area contributed by atoms with Crippen molar-refractivity contribution >= 4 is 5.97 Å². The maximum atomic E-state index is 12.5. The standard InChI is InChI=1S/C40H62O15/c1-18-30(43)32(45)34(47)37(52-18)54-27-17-50-36(33(46)31(27)44)55-35-19(2)51-29(15-26(35)41)53-22-7-10-38(3)21(14-22)5-6-25-24(38)8-11-39(4)23(9-12-40(25,39)48)20-13-28(42)49-16-20/h13,18-19,21-27,29-37,41,43-48H,5-12,14-17H2,1-4H3/t18-,19+,21-,22-,23+,24-,25+,26-,27+,29-,30-,31-,32+,33+,34+,35+,36-,37-,38-,39+,40-/m0/s1. The highest BCUT2D eigenvalue weighted by Crippen LogP contribution is 2.70. The summed E-state index contributed by atoms with van der Waals surface area (Å²) in [6.45, 7) is 8.04. The number of hydrogen-bond donors (Lipinski definition) is 7. The molecule has 0 aromatic heterocycles. The van der Waals surface area contributed by atoms with Crippen LogP contribution < -0.4 is 0 Å². The Bertz CT molecular complexity index is 1430. The third kappa shape index (κ3) is 6.84. The minimum Gasteiger partial charge on any atom is -0.458 e. The van der Waals surface area contributed by atoms with Crippen LogP contribution in [0.3, 0.4) is 0 Å². The van der Waals surface area contributed by atoms with E-state index < -0.39 is 85.5 Å². The highest BCUT2D eigenvalue weighted by Gasteiger charge is 2.68. The summed E-state index contributed by atoms with van der Waals surface area (Å²) < 4.78 is 40.8. The summed E-state index contributed by atoms with van der Waals surface area (Å²) in [5.41, 5.74) is 0.109. The van der Waals surface area contributed by atoms with Crippen molar-refractivity contribution in [3.63, 3.8) is 0 Å². The van der Waals surface area contributed by atoms with Gasteiger partial charge < -0.3 is 68.9 Å². The van der Waals surface area contributed by atoms with Crippen molar-refractivity contribution in [1.82, 2.24) is 0 Å². The van der Waals surface area contributed by atoms with Gasteiger partial charge >= 0.3 is 5.97 Å². The minimum absolute atomic E-state index is 0.0363. The van der Waals surface area contributed by atoms with Crippen LogP contribution >= 0.6 is 0 Å². The highest BCUT2D eigenvalue weighted by atomic mass is 16.7. The number of cyclic esters (lactones) is 1. The third-order valence-electron chi connectivity index (χ3n) is 15.8. The number of aliphatic hydroxyl groups is 7. The summed E-state index contributed by atoms with van der Waals surface area (Å²) in [5.74, 6) is 0.991. The van der Waals surface area contributed by atoms with Crippen LogP contribution in [0.2, 0.25) is 0 Å². The number of esters is 1. The first-order chi connectivity index (χ1) is 26.0. The number of hydrogen-bond acceptors (Lipinski definition) is 15. The summed E-state index contributed by atoms with van der Waals surface area (Å²) in [6, 6.07) is 0. The molecule has 312 valence electrons. The predicted molar refractivity (Wildman–Crippen MR) is 189 cm³/mol. The quantitative estimate of drug-likeness (QED) is 0.140. The third-order valence-corrected chi connectivity index (χ3v) is 15.8. The molecule has 15 nitrogen and oxygen atoms in total. The van der Waals surface area contributed by atoms with E-state index in [1.165, 1.54) is 6.92 Å². The maximum Gasteiger partial charge on any atom is 0.331 e. The number of carbonyl (C=O) groups excluding carboxylic acids is 1. The van der Waals surface area contributed by atoms with Gasteiger partial charge in [0.05, 0.1) is 36.6 Å². The molecule has 0 aromatic rings. The summed E-state index contributed by atoms with van der Waals surface area (Å²) >= 11 is 0. The van der Waals surface area contributed by atoms with Crippen LogP contribution in [0.25, 0.3) is 0 Å². The smallest absolute Gasteiger partial charge is 0.331 e. The monoisotopic (exact) mass is 782 g/mol. The summed E-state index contributed by atoms with van der Waals surface area (Å²) in [5, 5.41) is 75.9. The van der Waals surface area contributed by atoms with E-state index in [1.807, 2.05) is 0 Å². The number of rotatable bonds is 7. The molecular weight excluding hydrogens is 720 g/mol. The summed E-state index contributed by atoms with van der Waals surface area (Å²) in [4.78, 5) is 11.9. The molecule has 0 unspecified atom stereocenters. The first kappa shape index (κ1) is 40.5. The zero-order chi connectivity index (χ0) is 39.2. The Morgan fingerprint density at radius 3 is 2.24 bits per heavy atom. The van der Waals surface area contributed by atoms with E-state index in [1.54, 1.807) is 13.0 Å². The molecule has 21 atom stereocenters. The van der Waals surface area contributed by atoms with Gasteiger partial charge in [-0.3, -0.25) is 0 Å². The van der Waals surface area contributed by atoms with Crippen molar-refractivity contribution in [3.05, 3.63) is 11.6 Å². The highest BCUT2D eigenvalue weighted by molar-refractivity contribution is 5.85. The largest absolute Gasteiger partial charge is 0.458 e. The van der Waals surface area contributed by atoms with E-state index >= 15 is 0 Å². The average Bonchev–Trinajstić information content (AvgIpc) is 3.69. The van der Waals surface area contributed by atoms with Crippen molar-refractivity contribution in [1.29, 1.82) is 0 Å². The van der Waals surface area contributed by atoms with Crippen LogP contribution in [0.5, 0.6) is 0 Å². The average molecular weight is 783 g/mol. The molecule has 0 aromatic carbocycles. The molecule has 4 aliphatic heterocycles.